The topological polar surface area (TPSA) is 43.1 Å². The van der Waals surface area contributed by atoms with Crippen LogP contribution in [0.15, 0.2) is 12.2 Å². The Hall–Kier alpha value is -0.630. The third-order valence-electron chi connectivity index (χ3n) is 13.2. The minimum absolute atomic E-state index is 0.0792. The van der Waals surface area contributed by atoms with E-state index in [1.165, 1.54) is 50.5 Å². The van der Waals surface area contributed by atoms with Crippen molar-refractivity contribution in [3.05, 3.63) is 12.2 Å². The number of nitrogens with two attached hydrogens (primary N) is 1. The summed E-state index contributed by atoms with van der Waals surface area (Å²) in [5.74, 6) is 5.91. The number of hydrogen-bond acceptors (Lipinski definition) is 2. The van der Waals surface area contributed by atoms with E-state index in [-0.39, 0.29) is 21.8 Å². The zero-order valence-corrected chi connectivity index (χ0v) is 21.1. The Labute approximate surface area is 191 Å². The molecule has 5 rings (SSSR count). The summed E-state index contributed by atoms with van der Waals surface area (Å²) in [5.41, 5.74) is 9.08. The first-order valence-electron chi connectivity index (χ1n) is 13.3. The molecule has 0 spiro atoms. The van der Waals surface area contributed by atoms with Crippen LogP contribution in [0, 0.1) is 57.7 Å². The maximum Gasteiger partial charge on any atom is 0.133 e. The van der Waals surface area contributed by atoms with Gasteiger partial charge < -0.3 is 5.73 Å². The molecule has 31 heavy (non-hydrogen) atoms. The molecule has 174 valence electrons. The van der Waals surface area contributed by atoms with Crippen LogP contribution in [0.1, 0.15) is 99.3 Å². The molecule has 0 amide bonds. The number of hydrogen-bond donors (Lipinski definition) is 1. The summed E-state index contributed by atoms with van der Waals surface area (Å²) >= 11 is 0. The van der Waals surface area contributed by atoms with Gasteiger partial charge in [-0.05, 0) is 110 Å². The van der Waals surface area contributed by atoms with Crippen LogP contribution in [-0.4, -0.2) is 11.3 Å². The quantitative estimate of drug-likeness (QED) is 0.470. The van der Waals surface area contributed by atoms with E-state index in [1.807, 2.05) is 0 Å². The molecule has 0 aliphatic heterocycles. The van der Waals surface area contributed by atoms with Crippen molar-refractivity contribution in [3.63, 3.8) is 0 Å². The molecule has 0 radical (unpaired) electrons. The highest BCUT2D eigenvalue weighted by Gasteiger charge is 2.75. The number of fused-ring (bicyclic) bond motifs is 7. The molecule has 0 aromatic rings. The Balaban J connectivity index is 1.51. The lowest BCUT2D eigenvalue weighted by molar-refractivity contribution is -0.129. The van der Waals surface area contributed by atoms with Gasteiger partial charge in [-0.2, -0.15) is 0 Å². The van der Waals surface area contributed by atoms with E-state index < -0.39 is 0 Å². The Bertz CT molecular complexity index is 795. The Morgan fingerprint density at radius 3 is 2.10 bits per heavy atom. The summed E-state index contributed by atoms with van der Waals surface area (Å²) in [6, 6.07) is 0. The van der Waals surface area contributed by atoms with Crippen molar-refractivity contribution in [2.75, 3.05) is 0 Å². The fourth-order valence-electron chi connectivity index (χ4n) is 10.7. The lowest BCUT2D eigenvalue weighted by Gasteiger charge is -2.61. The normalized spacial score (nSPS) is 52.5. The molecule has 5 saturated carbocycles. The molecule has 5 aliphatic rings. The highest BCUT2D eigenvalue weighted by Crippen LogP contribution is 2.76. The smallest absolute Gasteiger partial charge is 0.133 e. The van der Waals surface area contributed by atoms with Crippen LogP contribution in [-0.2, 0) is 4.79 Å². The van der Waals surface area contributed by atoms with Gasteiger partial charge >= 0.3 is 0 Å². The largest absolute Gasteiger partial charge is 0.324 e. The summed E-state index contributed by atoms with van der Waals surface area (Å²) in [5, 5.41) is 0. The molecule has 0 aromatic carbocycles. The number of allylic oxidation sites excluding steroid dienone is 1. The van der Waals surface area contributed by atoms with Crippen molar-refractivity contribution in [3.8, 4) is 0 Å². The van der Waals surface area contributed by atoms with Gasteiger partial charge in [0.1, 0.15) is 5.78 Å². The van der Waals surface area contributed by atoms with Crippen LogP contribution in [0.3, 0.4) is 0 Å². The van der Waals surface area contributed by atoms with Crippen molar-refractivity contribution >= 4 is 5.78 Å². The number of carbonyl (C=O) groups excluding carboxylic acids is 1. The monoisotopic (exact) mass is 425 g/mol. The number of rotatable bonds is 1. The average Bonchev–Trinajstić information content (AvgIpc) is 2.80. The van der Waals surface area contributed by atoms with E-state index in [2.05, 4.69) is 48.1 Å². The molecule has 0 aromatic heterocycles. The highest BCUT2D eigenvalue weighted by atomic mass is 16.1. The molecule has 2 nitrogen and oxygen atoms in total. The summed E-state index contributed by atoms with van der Waals surface area (Å²) in [7, 11) is 0. The predicted octanol–water partition coefficient (Wildman–Crippen LogP) is 6.78. The zero-order valence-electron chi connectivity index (χ0n) is 21.1. The van der Waals surface area contributed by atoms with Gasteiger partial charge in [-0.1, -0.05) is 46.8 Å². The van der Waals surface area contributed by atoms with Crippen molar-refractivity contribution in [2.24, 2.45) is 63.4 Å². The van der Waals surface area contributed by atoms with Crippen LogP contribution in [0.4, 0.5) is 0 Å². The molecule has 2 heteroatoms. The maximum atomic E-state index is 12.1. The van der Waals surface area contributed by atoms with Gasteiger partial charge in [-0.25, -0.2) is 0 Å². The van der Waals surface area contributed by atoms with Gasteiger partial charge in [0, 0.05) is 18.4 Å². The fraction of sp³-hybridized carbons (Fsp3) is 0.897. The lowest BCUT2D eigenvalue weighted by atomic mass is 9.45. The molecular formula is C29H47NO. The first kappa shape index (κ1) is 22.2. The Kier molecular flexibility index (Phi) is 4.80. The minimum Gasteiger partial charge on any atom is -0.324 e. The second-order valence-corrected chi connectivity index (χ2v) is 13.8. The summed E-state index contributed by atoms with van der Waals surface area (Å²) < 4.78 is 0. The van der Waals surface area contributed by atoms with Crippen molar-refractivity contribution in [1.82, 2.24) is 0 Å². The third kappa shape index (κ3) is 2.52. The molecule has 5 fully saturated rings. The zero-order chi connectivity index (χ0) is 22.6. The van der Waals surface area contributed by atoms with E-state index in [4.69, 9.17) is 5.73 Å². The lowest BCUT2D eigenvalue weighted by Crippen LogP contribution is -2.63. The second kappa shape index (κ2) is 6.71. The molecule has 9 unspecified atom stereocenters. The summed E-state index contributed by atoms with van der Waals surface area (Å²) in [6.45, 7) is 19.3. The SMILES string of the molecule is C=C(C)C1(C)C2C3CCC4C5CCC(=O)CC5CCC4C3CCC2(N)C(C)(C)C1(C)C. The van der Waals surface area contributed by atoms with Crippen molar-refractivity contribution < 1.29 is 4.79 Å². The molecule has 2 N–H and O–H groups in total. The first-order valence-corrected chi connectivity index (χ1v) is 13.3. The first-order chi connectivity index (χ1) is 14.4. The van der Waals surface area contributed by atoms with Crippen LogP contribution >= 0.6 is 0 Å². The van der Waals surface area contributed by atoms with Crippen LogP contribution < -0.4 is 5.73 Å². The van der Waals surface area contributed by atoms with Gasteiger partial charge in [0.15, 0.2) is 0 Å². The Morgan fingerprint density at radius 2 is 1.42 bits per heavy atom. The van der Waals surface area contributed by atoms with E-state index in [0.29, 0.717) is 17.6 Å². The van der Waals surface area contributed by atoms with Crippen molar-refractivity contribution in [2.45, 2.75) is 105 Å². The third-order valence-corrected chi connectivity index (χ3v) is 13.2. The molecular weight excluding hydrogens is 378 g/mol. The average molecular weight is 426 g/mol. The summed E-state index contributed by atoms with van der Waals surface area (Å²) in [6.07, 6.45) is 10.8. The van der Waals surface area contributed by atoms with E-state index in [9.17, 15) is 4.79 Å². The number of ketones is 1. The molecule has 9 atom stereocenters. The summed E-state index contributed by atoms with van der Waals surface area (Å²) in [4.78, 5) is 12.1. The van der Waals surface area contributed by atoms with Crippen LogP contribution in [0.25, 0.3) is 0 Å². The van der Waals surface area contributed by atoms with E-state index in [0.717, 1.165) is 42.4 Å². The highest BCUT2D eigenvalue weighted by molar-refractivity contribution is 5.79. The van der Waals surface area contributed by atoms with E-state index in [1.54, 1.807) is 0 Å². The maximum absolute atomic E-state index is 12.1. The van der Waals surface area contributed by atoms with Crippen LogP contribution in [0.2, 0.25) is 0 Å². The van der Waals surface area contributed by atoms with Gasteiger partial charge in [-0.3, -0.25) is 4.79 Å². The van der Waals surface area contributed by atoms with Gasteiger partial charge in [0.2, 0.25) is 0 Å². The van der Waals surface area contributed by atoms with Gasteiger partial charge in [-0.15, -0.1) is 0 Å². The molecule has 0 heterocycles. The predicted molar refractivity (Wildman–Crippen MR) is 128 cm³/mol. The minimum atomic E-state index is -0.105. The van der Waals surface area contributed by atoms with Crippen molar-refractivity contribution in [1.29, 1.82) is 0 Å². The van der Waals surface area contributed by atoms with Crippen LogP contribution in [0.5, 0.6) is 0 Å². The standard InChI is InChI=1S/C29H47NO/c1-17(2)28(7)25-24-13-12-21-20-11-9-19(31)16-18(20)8-10-22(21)23(24)14-15-29(25,30)27(5,6)26(28,3)4/h18,20-25H,1,8-16,30H2,2-7H3. The van der Waals surface area contributed by atoms with E-state index >= 15 is 0 Å². The van der Waals surface area contributed by atoms with Gasteiger partial charge in [0.05, 0.1) is 0 Å². The number of Topliss-reactive ketones (excluding diaryl/α,β-unsaturated/α-hetero) is 1. The Morgan fingerprint density at radius 1 is 0.839 bits per heavy atom. The molecule has 0 saturated heterocycles. The molecule has 0 bridgehead atoms. The molecule has 5 aliphatic carbocycles. The number of carbonyl (C=O) groups is 1. The van der Waals surface area contributed by atoms with Gasteiger partial charge in [0.25, 0.3) is 0 Å². The fourth-order valence-corrected chi connectivity index (χ4v) is 10.7. The second-order valence-electron chi connectivity index (χ2n) is 13.8.